The Morgan fingerprint density at radius 3 is 2.48 bits per heavy atom. The Kier molecular flexibility index (Phi) is 7.71. The van der Waals surface area contributed by atoms with E-state index in [4.69, 9.17) is 0 Å². The molecule has 0 aliphatic carbocycles. The Bertz CT molecular complexity index is 885. The molecule has 1 amide bonds. The minimum Gasteiger partial charge on any atom is -0.309 e. The van der Waals surface area contributed by atoms with E-state index in [-0.39, 0.29) is 24.1 Å². The molecule has 7 heteroatoms. The number of rotatable bonds is 7. The average molecular weight is 408 g/mol. The number of nitrogens with zero attached hydrogens (tertiary/aromatic N) is 3. The molecule has 0 saturated carbocycles. The maximum atomic E-state index is 14.0. The van der Waals surface area contributed by atoms with E-state index in [0.717, 1.165) is 23.2 Å². The third-order valence-corrected chi connectivity index (χ3v) is 5.12. The third-order valence-electron chi connectivity index (χ3n) is 4.08. The number of carbonyl (C=O) groups is 1. The quantitative estimate of drug-likeness (QED) is 0.583. The molecule has 0 aliphatic heterocycles. The van der Waals surface area contributed by atoms with Crippen LogP contribution >= 0.6 is 23.7 Å². The van der Waals surface area contributed by atoms with Crippen molar-refractivity contribution in [3.63, 3.8) is 0 Å². The van der Waals surface area contributed by atoms with E-state index in [0.29, 0.717) is 23.6 Å². The second kappa shape index (κ2) is 9.78. The van der Waals surface area contributed by atoms with E-state index in [2.05, 4.69) is 9.88 Å². The molecule has 27 heavy (non-hydrogen) atoms. The summed E-state index contributed by atoms with van der Waals surface area (Å²) in [5.74, 6) is -0.372. The van der Waals surface area contributed by atoms with E-state index in [1.807, 2.05) is 50.5 Å². The van der Waals surface area contributed by atoms with Crippen molar-refractivity contribution in [2.45, 2.75) is 12.8 Å². The molecule has 0 N–H and O–H groups in total. The number of hydrogen-bond acceptors (Lipinski definition) is 4. The van der Waals surface area contributed by atoms with Crippen LogP contribution in [0.5, 0.6) is 0 Å². The lowest BCUT2D eigenvalue weighted by Crippen LogP contribution is -2.34. The molecule has 0 fully saturated rings. The summed E-state index contributed by atoms with van der Waals surface area (Å²) in [6.45, 7) is 1.43. The van der Waals surface area contributed by atoms with Crippen LogP contribution in [0.25, 0.3) is 10.2 Å². The molecule has 0 bridgehead atoms. The van der Waals surface area contributed by atoms with Gasteiger partial charge in [-0.2, -0.15) is 0 Å². The predicted molar refractivity (Wildman–Crippen MR) is 112 cm³/mol. The summed E-state index contributed by atoms with van der Waals surface area (Å²) in [6.07, 6.45) is 1.13. The molecule has 0 unspecified atom stereocenters. The van der Waals surface area contributed by atoms with Crippen molar-refractivity contribution in [2.24, 2.45) is 0 Å². The van der Waals surface area contributed by atoms with Crippen LogP contribution in [0.1, 0.15) is 12.0 Å². The van der Waals surface area contributed by atoms with Crippen LogP contribution in [-0.4, -0.2) is 43.0 Å². The summed E-state index contributed by atoms with van der Waals surface area (Å²) in [5.41, 5.74) is 1.29. The van der Waals surface area contributed by atoms with Crippen LogP contribution in [0, 0.1) is 5.82 Å². The number of para-hydroxylation sites is 1. The molecule has 0 atom stereocenters. The number of halogens is 2. The Hall–Kier alpha value is -2.02. The van der Waals surface area contributed by atoms with E-state index in [1.165, 1.54) is 17.4 Å². The number of thiazole rings is 1. The maximum absolute atomic E-state index is 14.0. The van der Waals surface area contributed by atoms with Crippen molar-refractivity contribution < 1.29 is 9.18 Å². The highest BCUT2D eigenvalue weighted by molar-refractivity contribution is 7.22. The van der Waals surface area contributed by atoms with Gasteiger partial charge in [0.2, 0.25) is 5.91 Å². The van der Waals surface area contributed by atoms with E-state index >= 15 is 0 Å². The first-order chi connectivity index (χ1) is 12.5. The van der Waals surface area contributed by atoms with Crippen molar-refractivity contribution >= 4 is 45.0 Å². The second-order valence-corrected chi connectivity index (χ2v) is 7.46. The second-order valence-electron chi connectivity index (χ2n) is 6.45. The molecule has 2 aromatic carbocycles. The van der Waals surface area contributed by atoms with Gasteiger partial charge in [0.05, 0.1) is 11.1 Å². The predicted octanol–water partition coefficient (Wildman–Crippen LogP) is 4.38. The fraction of sp³-hybridized carbons (Fsp3) is 0.300. The highest BCUT2D eigenvalue weighted by Gasteiger charge is 2.20. The van der Waals surface area contributed by atoms with Crippen molar-refractivity contribution in [1.29, 1.82) is 0 Å². The standard InChI is InChI=1S/C20H22FN3OS.ClH/c1-23(2)12-7-13-24(18(25)14-15-8-4-3-5-9-15)20-22-19-16(21)10-6-11-17(19)26-20;/h3-6,8-11H,7,12-14H2,1-2H3;1H. The van der Waals surface area contributed by atoms with E-state index in [1.54, 1.807) is 11.0 Å². The van der Waals surface area contributed by atoms with Crippen LogP contribution in [0.4, 0.5) is 9.52 Å². The maximum Gasteiger partial charge on any atom is 0.233 e. The summed E-state index contributed by atoms with van der Waals surface area (Å²) < 4.78 is 14.8. The minimum absolute atomic E-state index is 0. The monoisotopic (exact) mass is 407 g/mol. The van der Waals surface area contributed by atoms with Gasteiger partial charge in [0, 0.05) is 6.54 Å². The smallest absolute Gasteiger partial charge is 0.233 e. The highest BCUT2D eigenvalue weighted by Crippen LogP contribution is 2.30. The van der Waals surface area contributed by atoms with Crippen molar-refractivity contribution in [2.75, 3.05) is 32.1 Å². The molecule has 4 nitrogen and oxygen atoms in total. The minimum atomic E-state index is -0.353. The van der Waals surface area contributed by atoms with Gasteiger partial charge in [0.1, 0.15) is 11.3 Å². The van der Waals surface area contributed by atoms with Crippen molar-refractivity contribution in [3.8, 4) is 0 Å². The summed E-state index contributed by atoms with van der Waals surface area (Å²) in [4.78, 5) is 21.1. The van der Waals surface area contributed by atoms with Crippen molar-refractivity contribution in [3.05, 3.63) is 59.9 Å². The van der Waals surface area contributed by atoms with Crippen LogP contribution in [0.3, 0.4) is 0 Å². The molecule has 0 saturated heterocycles. The van der Waals surface area contributed by atoms with Gasteiger partial charge in [0.15, 0.2) is 5.13 Å². The number of hydrogen-bond donors (Lipinski definition) is 0. The number of amides is 1. The van der Waals surface area contributed by atoms with Gasteiger partial charge in [-0.1, -0.05) is 47.7 Å². The molecular formula is C20H23ClFN3OS. The zero-order valence-corrected chi connectivity index (χ0v) is 17.0. The van der Waals surface area contributed by atoms with E-state index in [9.17, 15) is 9.18 Å². The normalized spacial score (nSPS) is 10.8. The number of anilines is 1. The lowest BCUT2D eigenvalue weighted by Gasteiger charge is -2.21. The Morgan fingerprint density at radius 2 is 1.81 bits per heavy atom. The first-order valence-electron chi connectivity index (χ1n) is 8.58. The molecule has 144 valence electrons. The van der Waals surface area contributed by atoms with Crippen LogP contribution in [0.15, 0.2) is 48.5 Å². The van der Waals surface area contributed by atoms with Gasteiger partial charge >= 0.3 is 0 Å². The average Bonchev–Trinajstić information content (AvgIpc) is 3.04. The first kappa shape index (κ1) is 21.3. The fourth-order valence-corrected chi connectivity index (χ4v) is 3.78. The van der Waals surface area contributed by atoms with Gasteiger partial charge in [-0.25, -0.2) is 9.37 Å². The third kappa shape index (κ3) is 5.48. The van der Waals surface area contributed by atoms with Crippen LogP contribution < -0.4 is 4.90 Å². The van der Waals surface area contributed by atoms with Gasteiger partial charge < -0.3 is 4.90 Å². The lowest BCUT2D eigenvalue weighted by atomic mass is 10.1. The van der Waals surface area contributed by atoms with Crippen LogP contribution in [-0.2, 0) is 11.2 Å². The number of fused-ring (bicyclic) bond motifs is 1. The van der Waals surface area contributed by atoms with E-state index < -0.39 is 0 Å². The fourth-order valence-electron chi connectivity index (χ4n) is 2.76. The largest absolute Gasteiger partial charge is 0.309 e. The molecular weight excluding hydrogens is 385 g/mol. The zero-order valence-electron chi connectivity index (χ0n) is 15.4. The molecule has 0 aliphatic rings. The van der Waals surface area contributed by atoms with Crippen molar-refractivity contribution in [1.82, 2.24) is 9.88 Å². The highest BCUT2D eigenvalue weighted by atomic mass is 35.5. The van der Waals surface area contributed by atoms with Crippen LogP contribution in [0.2, 0.25) is 0 Å². The zero-order chi connectivity index (χ0) is 18.5. The number of benzene rings is 2. The molecule has 1 heterocycles. The van der Waals surface area contributed by atoms with Gasteiger partial charge in [-0.05, 0) is 44.8 Å². The molecule has 1 aromatic heterocycles. The Balaban J connectivity index is 0.00000261. The van der Waals surface area contributed by atoms with Gasteiger partial charge in [-0.3, -0.25) is 9.69 Å². The van der Waals surface area contributed by atoms with Gasteiger partial charge in [-0.15, -0.1) is 12.4 Å². The topological polar surface area (TPSA) is 36.4 Å². The molecule has 0 radical (unpaired) electrons. The molecule has 3 rings (SSSR count). The summed E-state index contributed by atoms with van der Waals surface area (Å²) in [7, 11) is 4.01. The molecule has 3 aromatic rings. The Labute approximate surface area is 169 Å². The lowest BCUT2D eigenvalue weighted by molar-refractivity contribution is -0.118. The SMILES string of the molecule is CN(C)CCCN(C(=O)Cc1ccccc1)c1nc2c(F)cccc2s1.Cl. The number of carbonyl (C=O) groups excluding carboxylic acids is 1. The summed E-state index contributed by atoms with van der Waals surface area (Å²) >= 11 is 1.36. The summed E-state index contributed by atoms with van der Waals surface area (Å²) in [6, 6.07) is 14.5. The Morgan fingerprint density at radius 1 is 1.07 bits per heavy atom. The number of aromatic nitrogens is 1. The molecule has 0 spiro atoms. The van der Waals surface area contributed by atoms with Gasteiger partial charge in [0.25, 0.3) is 0 Å². The summed E-state index contributed by atoms with van der Waals surface area (Å²) in [5, 5.41) is 0.560. The first-order valence-corrected chi connectivity index (χ1v) is 9.40.